The van der Waals surface area contributed by atoms with Crippen molar-refractivity contribution in [3.63, 3.8) is 0 Å². The van der Waals surface area contributed by atoms with E-state index in [-0.39, 0.29) is 28.2 Å². The van der Waals surface area contributed by atoms with Gasteiger partial charge in [0.15, 0.2) is 0 Å². The van der Waals surface area contributed by atoms with Crippen LogP contribution in [0, 0.1) is 11.6 Å². The summed E-state index contributed by atoms with van der Waals surface area (Å²) in [6.45, 7) is 4.46. The van der Waals surface area contributed by atoms with Crippen LogP contribution in [0.2, 0.25) is 5.02 Å². The molecule has 0 saturated carbocycles. The van der Waals surface area contributed by atoms with E-state index in [1.54, 1.807) is 6.07 Å². The zero-order valence-corrected chi connectivity index (χ0v) is 23.3. The van der Waals surface area contributed by atoms with Gasteiger partial charge in [-0.05, 0) is 68.3 Å². The molecule has 2 atom stereocenters. The summed E-state index contributed by atoms with van der Waals surface area (Å²) in [5, 5.41) is 2.51. The number of amides is 2. The summed E-state index contributed by atoms with van der Waals surface area (Å²) in [4.78, 5) is 27.9. The van der Waals surface area contributed by atoms with Crippen molar-refractivity contribution in [3.05, 3.63) is 95.0 Å². The fourth-order valence-corrected chi connectivity index (χ4v) is 5.33. The highest BCUT2D eigenvalue weighted by Crippen LogP contribution is 2.28. The van der Waals surface area contributed by atoms with Crippen molar-refractivity contribution < 1.29 is 26.8 Å². The van der Waals surface area contributed by atoms with E-state index < -0.39 is 46.1 Å². The van der Waals surface area contributed by atoms with Gasteiger partial charge < -0.3 is 10.2 Å². The van der Waals surface area contributed by atoms with Gasteiger partial charge in [-0.3, -0.25) is 13.9 Å². The van der Waals surface area contributed by atoms with Crippen molar-refractivity contribution in [3.8, 4) is 0 Å². The van der Waals surface area contributed by atoms with Crippen LogP contribution in [0.15, 0.2) is 77.7 Å². The minimum atomic E-state index is -4.31. The van der Waals surface area contributed by atoms with E-state index in [0.717, 1.165) is 16.4 Å². The highest BCUT2D eigenvalue weighted by molar-refractivity contribution is 7.92. The number of rotatable bonds is 11. The summed E-state index contributed by atoms with van der Waals surface area (Å²) in [6.07, 6.45) is 0.665. The molecule has 2 amide bonds. The molecule has 11 heteroatoms. The lowest BCUT2D eigenvalue weighted by molar-refractivity contribution is -0.139. The van der Waals surface area contributed by atoms with E-state index in [1.807, 2.05) is 13.8 Å². The molecule has 39 heavy (non-hydrogen) atoms. The van der Waals surface area contributed by atoms with Crippen LogP contribution in [0.4, 0.5) is 14.5 Å². The topological polar surface area (TPSA) is 86.8 Å². The van der Waals surface area contributed by atoms with E-state index in [4.69, 9.17) is 11.6 Å². The zero-order chi connectivity index (χ0) is 28.7. The summed E-state index contributed by atoms with van der Waals surface area (Å²) >= 11 is 5.95. The highest BCUT2D eigenvalue weighted by atomic mass is 35.5. The number of anilines is 1. The Morgan fingerprint density at radius 1 is 0.974 bits per heavy atom. The van der Waals surface area contributed by atoms with Gasteiger partial charge in [0.25, 0.3) is 10.0 Å². The third-order valence-electron chi connectivity index (χ3n) is 6.24. The van der Waals surface area contributed by atoms with Gasteiger partial charge in [-0.15, -0.1) is 0 Å². The first-order chi connectivity index (χ1) is 18.4. The van der Waals surface area contributed by atoms with Crippen molar-refractivity contribution in [2.45, 2.75) is 50.7 Å². The number of halogens is 3. The van der Waals surface area contributed by atoms with Gasteiger partial charge in [0.1, 0.15) is 24.2 Å². The standard InChI is InChI=1S/C28H30ClF2N3O4S/c1-4-19(2)32-28(36)20(3)33(17-21-10-12-22(30)13-11-21)27(35)18-34(23-14-15-26(31)25(29)16-23)39(37,38)24-8-6-5-7-9-24/h5-16,19-20H,4,17-18H2,1-3H3,(H,32,36). The van der Waals surface area contributed by atoms with Crippen LogP contribution >= 0.6 is 11.6 Å². The second kappa shape index (κ2) is 13.0. The molecule has 0 spiro atoms. The Balaban J connectivity index is 2.03. The van der Waals surface area contributed by atoms with Gasteiger partial charge in [0.2, 0.25) is 11.8 Å². The Kier molecular flexibility index (Phi) is 10.0. The molecule has 0 aliphatic heterocycles. The Labute approximate surface area is 232 Å². The Bertz CT molecular complexity index is 1410. The molecule has 7 nitrogen and oxygen atoms in total. The highest BCUT2D eigenvalue weighted by Gasteiger charge is 2.33. The molecule has 0 aromatic heterocycles. The van der Waals surface area contributed by atoms with Gasteiger partial charge in [0.05, 0.1) is 15.6 Å². The molecule has 0 bridgehead atoms. The SMILES string of the molecule is CCC(C)NC(=O)C(C)N(Cc1ccc(F)cc1)C(=O)CN(c1ccc(F)c(Cl)c1)S(=O)(=O)c1ccccc1. The smallest absolute Gasteiger partial charge is 0.264 e. The van der Waals surface area contributed by atoms with Crippen LogP contribution in [0.5, 0.6) is 0 Å². The predicted octanol–water partition coefficient (Wildman–Crippen LogP) is 5.15. The quantitative estimate of drug-likeness (QED) is 0.342. The fourth-order valence-electron chi connectivity index (χ4n) is 3.72. The van der Waals surface area contributed by atoms with E-state index in [0.29, 0.717) is 12.0 Å². The van der Waals surface area contributed by atoms with Crippen LogP contribution in [0.3, 0.4) is 0 Å². The van der Waals surface area contributed by atoms with Gasteiger partial charge in [-0.25, -0.2) is 17.2 Å². The first kappa shape index (κ1) is 30.0. The number of carbonyl (C=O) groups excluding carboxylic acids is 2. The second-order valence-corrected chi connectivity index (χ2v) is 11.3. The van der Waals surface area contributed by atoms with Crippen molar-refractivity contribution in [2.24, 2.45) is 0 Å². The third kappa shape index (κ3) is 7.54. The molecule has 0 aliphatic rings. The number of hydrogen-bond acceptors (Lipinski definition) is 4. The molecule has 0 saturated heterocycles. The van der Waals surface area contributed by atoms with Gasteiger partial charge >= 0.3 is 0 Å². The number of benzene rings is 3. The molecule has 0 heterocycles. The maximum absolute atomic E-state index is 13.9. The number of nitrogens with one attached hydrogen (secondary N) is 1. The number of carbonyl (C=O) groups is 2. The van der Waals surface area contributed by atoms with E-state index in [9.17, 15) is 26.8 Å². The number of nitrogens with zero attached hydrogens (tertiary/aromatic N) is 2. The van der Waals surface area contributed by atoms with Crippen LogP contribution in [-0.2, 0) is 26.2 Å². The summed E-state index contributed by atoms with van der Waals surface area (Å²) < 4.78 is 55.6. The largest absolute Gasteiger partial charge is 0.352 e. The van der Waals surface area contributed by atoms with Gasteiger partial charge in [-0.1, -0.05) is 48.9 Å². The van der Waals surface area contributed by atoms with Crippen molar-refractivity contribution in [1.29, 1.82) is 0 Å². The summed E-state index contributed by atoms with van der Waals surface area (Å²) in [5.41, 5.74) is 0.507. The molecule has 1 N–H and O–H groups in total. The summed E-state index contributed by atoms with van der Waals surface area (Å²) in [7, 11) is -4.31. The second-order valence-electron chi connectivity index (χ2n) is 9.07. The first-order valence-electron chi connectivity index (χ1n) is 12.3. The molecule has 0 aliphatic carbocycles. The Hall–Kier alpha value is -3.50. The average Bonchev–Trinajstić information content (AvgIpc) is 2.92. The molecule has 3 rings (SSSR count). The van der Waals surface area contributed by atoms with E-state index >= 15 is 0 Å². The maximum Gasteiger partial charge on any atom is 0.264 e. The lowest BCUT2D eigenvalue weighted by atomic mass is 10.1. The Morgan fingerprint density at radius 3 is 2.21 bits per heavy atom. The number of sulfonamides is 1. The van der Waals surface area contributed by atoms with E-state index in [1.165, 1.54) is 66.4 Å². The minimum absolute atomic E-state index is 0.0305. The lowest BCUT2D eigenvalue weighted by Gasteiger charge is -2.32. The zero-order valence-electron chi connectivity index (χ0n) is 21.8. The average molecular weight is 578 g/mol. The summed E-state index contributed by atoms with van der Waals surface area (Å²) in [5.74, 6) is -2.35. The van der Waals surface area contributed by atoms with Crippen LogP contribution in [-0.4, -0.2) is 43.8 Å². The van der Waals surface area contributed by atoms with Crippen molar-refractivity contribution in [1.82, 2.24) is 10.2 Å². The number of hydrogen-bond donors (Lipinski definition) is 1. The van der Waals surface area contributed by atoms with Crippen LogP contribution < -0.4 is 9.62 Å². The molecule has 2 unspecified atom stereocenters. The molecule has 0 fully saturated rings. The normalized spacial score (nSPS) is 12.9. The van der Waals surface area contributed by atoms with Crippen LogP contribution in [0.1, 0.15) is 32.8 Å². The minimum Gasteiger partial charge on any atom is -0.352 e. The monoisotopic (exact) mass is 577 g/mol. The fraction of sp³-hybridized carbons (Fsp3) is 0.286. The molecule has 208 valence electrons. The molecule has 3 aromatic carbocycles. The Morgan fingerprint density at radius 2 is 1.62 bits per heavy atom. The molecular weight excluding hydrogens is 548 g/mol. The van der Waals surface area contributed by atoms with E-state index in [2.05, 4.69) is 5.32 Å². The van der Waals surface area contributed by atoms with Crippen LogP contribution in [0.25, 0.3) is 0 Å². The molecule has 3 aromatic rings. The predicted molar refractivity (Wildman–Crippen MR) is 147 cm³/mol. The maximum atomic E-state index is 13.9. The van der Waals surface area contributed by atoms with Gasteiger partial charge in [-0.2, -0.15) is 0 Å². The molecular formula is C28H30ClF2N3O4S. The summed E-state index contributed by atoms with van der Waals surface area (Å²) in [6, 6.07) is 15.1. The molecule has 0 radical (unpaired) electrons. The first-order valence-corrected chi connectivity index (χ1v) is 14.1. The van der Waals surface area contributed by atoms with Gasteiger partial charge in [0, 0.05) is 12.6 Å². The van der Waals surface area contributed by atoms with Crippen molar-refractivity contribution >= 4 is 39.1 Å². The van der Waals surface area contributed by atoms with Crippen molar-refractivity contribution in [2.75, 3.05) is 10.8 Å². The third-order valence-corrected chi connectivity index (χ3v) is 8.31. The lowest BCUT2D eigenvalue weighted by Crippen LogP contribution is -2.52.